The van der Waals surface area contributed by atoms with E-state index in [1.807, 2.05) is 36.4 Å². The van der Waals surface area contributed by atoms with E-state index >= 15 is 0 Å². The Labute approximate surface area is 83.2 Å². The number of nitrogens with zero attached hydrogens (tertiary/aromatic N) is 1. The summed E-state index contributed by atoms with van der Waals surface area (Å²) in [6.45, 7) is 1.56. The van der Waals surface area contributed by atoms with E-state index < -0.39 is 11.3 Å². The Bertz CT molecular complexity index is 367. The number of carbonyl (C=O) groups excluding carboxylic acids is 1. The van der Waals surface area contributed by atoms with Gasteiger partial charge in [0.2, 0.25) is 5.91 Å². The molecule has 0 saturated carbocycles. The summed E-state index contributed by atoms with van der Waals surface area (Å²) in [7, 11) is 0. The molecule has 0 fully saturated rings. The van der Waals surface area contributed by atoms with E-state index in [1.54, 1.807) is 6.92 Å². The molecule has 0 aromatic heterocycles. The van der Waals surface area contributed by atoms with Gasteiger partial charge in [-0.2, -0.15) is 5.26 Å². The highest BCUT2D eigenvalue weighted by molar-refractivity contribution is 5.83. The van der Waals surface area contributed by atoms with Crippen molar-refractivity contribution in [3.63, 3.8) is 0 Å². The number of hydrogen-bond donors (Lipinski definition) is 1. The molecule has 2 N–H and O–H groups in total. The van der Waals surface area contributed by atoms with E-state index in [2.05, 4.69) is 0 Å². The normalized spacial score (nSPS) is 14.0. The minimum absolute atomic E-state index is 0.361. The molecule has 1 aromatic rings. The third kappa shape index (κ3) is 2.11. The quantitative estimate of drug-likeness (QED) is 0.775. The van der Waals surface area contributed by atoms with Crippen molar-refractivity contribution in [3.8, 4) is 6.07 Å². The molecular weight excluding hydrogens is 176 g/mol. The molecule has 1 aromatic carbocycles. The summed E-state index contributed by atoms with van der Waals surface area (Å²) in [5.74, 6) is -0.580. The molecule has 0 spiro atoms. The SMILES string of the molecule is CC(C#N)(Cc1ccccc1)C(N)=O. The Morgan fingerprint density at radius 2 is 2.07 bits per heavy atom. The first kappa shape index (κ1) is 10.3. The van der Waals surface area contributed by atoms with Gasteiger partial charge in [0.25, 0.3) is 0 Å². The van der Waals surface area contributed by atoms with Gasteiger partial charge in [0.05, 0.1) is 6.07 Å². The first-order chi connectivity index (χ1) is 6.58. The molecule has 0 bridgehead atoms. The summed E-state index contributed by atoms with van der Waals surface area (Å²) >= 11 is 0. The van der Waals surface area contributed by atoms with Crippen molar-refractivity contribution in [2.45, 2.75) is 13.3 Å². The van der Waals surface area contributed by atoms with E-state index in [4.69, 9.17) is 11.0 Å². The summed E-state index contributed by atoms with van der Waals surface area (Å²) in [6.07, 6.45) is 0.361. The average molecular weight is 188 g/mol. The van der Waals surface area contributed by atoms with Crippen LogP contribution in [0.3, 0.4) is 0 Å². The maximum Gasteiger partial charge on any atom is 0.237 e. The van der Waals surface area contributed by atoms with Crippen LogP contribution >= 0.6 is 0 Å². The molecular formula is C11H12N2O. The summed E-state index contributed by atoms with van der Waals surface area (Å²) in [5, 5.41) is 8.87. The van der Waals surface area contributed by atoms with Gasteiger partial charge < -0.3 is 5.73 Å². The van der Waals surface area contributed by atoms with E-state index in [9.17, 15) is 4.79 Å². The maximum absolute atomic E-state index is 11.1. The maximum atomic E-state index is 11.1. The topological polar surface area (TPSA) is 66.9 Å². The molecule has 0 aliphatic rings. The largest absolute Gasteiger partial charge is 0.368 e. The Morgan fingerprint density at radius 3 is 2.50 bits per heavy atom. The number of benzene rings is 1. The number of primary amides is 1. The monoisotopic (exact) mass is 188 g/mol. The zero-order chi connectivity index (χ0) is 10.6. The lowest BCUT2D eigenvalue weighted by atomic mass is 9.84. The molecule has 14 heavy (non-hydrogen) atoms. The zero-order valence-electron chi connectivity index (χ0n) is 8.03. The van der Waals surface area contributed by atoms with E-state index in [0.29, 0.717) is 6.42 Å². The molecule has 1 unspecified atom stereocenters. The number of amides is 1. The third-order valence-corrected chi connectivity index (χ3v) is 2.19. The van der Waals surface area contributed by atoms with E-state index in [0.717, 1.165) is 5.56 Å². The van der Waals surface area contributed by atoms with Crippen molar-refractivity contribution in [3.05, 3.63) is 35.9 Å². The number of nitrogens with two attached hydrogens (primary N) is 1. The predicted octanol–water partition coefficient (Wildman–Crippen LogP) is 1.24. The van der Waals surface area contributed by atoms with Crippen LogP contribution in [0.4, 0.5) is 0 Å². The Balaban J connectivity index is 2.88. The van der Waals surface area contributed by atoms with Gasteiger partial charge in [-0.05, 0) is 18.9 Å². The minimum atomic E-state index is -1.11. The van der Waals surface area contributed by atoms with Gasteiger partial charge in [-0.3, -0.25) is 4.79 Å². The predicted molar refractivity (Wildman–Crippen MR) is 53.1 cm³/mol. The first-order valence-electron chi connectivity index (χ1n) is 4.33. The number of carbonyl (C=O) groups is 1. The van der Waals surface area contributed by atoms with Crippen LogP contribution in [0.1, 0.15) is 12.5 Å². The van der Waals surface area contributed by atoms with Gasteiger partial charge in [0.1, 0.15) is 5.41 Å². The number of rotatable bonds is 3. The molecule has 72 valence electrons. The van der Waals surface area contributed by atoms with Gasteiger partial charge in [-0.15, -0.1) is 0 Å². The van der Waals surface area contributed by atoms with Crippen molar-refractivity contribution in [1.29, 1.82) is 5.26 Å². The molecule has 3 heteroatoms. The summed E-state index contributed by atoms with van der Waals surface area (Å²) < 4.78 is 0. The van der Waals surface area contributed by atoms with Gasteiger partial charge >= 0.3 is 0 Å². The summed E-state index contributed by atoms with van der Waals surface area (Å²) in [5.41, 5.74) is 5.00. The summed E-state index contributed by atoms with van der Waals surface area (Å²) in [6, 6.07) is 11.3. The van der Waals surface area contributed by atoms with Crippen molar-refractivity contribution >= 4 is 5.91 Å². The number of hydrogen-bond acceptors (Lipinski definition) is 2. The molecule has 0 radical (unpaired) electrons. The van der Waals surface area contributed by atoms with Crippen LogP contribution in [0.5, 0.6) is 0 Å². The van der Waals surface area contributed by atoms with Crippen molar-refractivity contribution in [1.82, 2.24) is 0 Å². The molecule has 1 atom stereocenters. The van der Waals surface area contributed by atoms with Crippen LogP contribution in [0, 0.1) is 16.7 Å². The molecule has 0 saturated heterocycles. The van der Waals surface area contributed by atoms with Crippen LogP contribution in [0.2, 0.25) is 0 Å². The molecule has 3 nitrogen and oxygen atoms in total. The lowest BCUT2D eigenvalue weighted by Crippen LogP contribution is -2.34. The summed E-state index contributed by atoms with van der Waals surface area (Å²) in [4.78, 5) is 11.1. The lowest BCUT2D eigenvalue weighted by molar-refractivity contribution is -0.124. The fourth-order valence-electron chi connectivity index (χ4n) is 1.19. The number of nitriles is 1. The highest BCUT2D eigenvalue weighted by atomic mass is 16.1. The fourth-order valence-corrected chi connectivity index (χ4v) is 1.19. The van der Waals surface area contributed by atoms with Crippen LogP contribution in [-0.4, -0.2) is 5.91 Å². The average Bonchev–Trinajstić information content (AvgIpc) is 2.19. The Morgan fingerprint density at radius 1 is 1.50 bits per heavy atom. The van der Waals surface area contributed by atoms with Crippen molar-refractivity contribution in [2.24, 2.45) is 11.1 Å². The van der Waals surface area contributed by atoms with Crippen LogP contribution < -0.4 is 5.73 Å². The third-order valence-electron chi connectivity index (χ3n) is 2.19. The van der Waals surface area contributed by atoms with E-state index in [-0.39, 0.29) is 0 Å². The molecule has 0 aliphatic heterocycles. The second-order valence-electron chi connectivity index (χ2n) is 3.47. The second kappa shape index (κ2) is 3.93. The molecule has 1 amide bonds. The molecule has 0 aliphatic carbocycles. The van der Waals surface area contributed by atoms with Gasteiger partial charge in [0, 0.05) is 0 Å². The van der Waals surface area contributed by atoms with Crippen LogP contribution in [0.15, 0.2) is 30.3 Å². The van der Waals surface area contributed by atoms with E-state index in [1.165, 1.54) is 0 Å². The Kier molecular flexibility index (Phi) is 2.88. The van der Waals surface area contributed by atoms with Gasteiger partial charge in [-0.25, -0.2) is 0 Å². The Hall–Kier alpha value is -1.82. The van der Waals surface area contributed by atoms with Gasteiger partial charge in [-0.1, -0.05) is 30.3 Å². The fraction of sp³-hybridized carbons (Fsp3) is 0.273. The minimum Gasteiger partial charge on any atom is -0.368 e. The van der Waals surface area contributed by atoms with Crippen molar-refractivity contribution in [2.75, 3.05) is 0 Å². The molecule has 0 heterocycles. The van der Waals surface area contributed by atoms with Gasteiger partial charge in [0.15, 0.2) is 0 Å². The zero-order valence-corrected chi connectivity index (χ0v) is 8.03. The second-order valence-corrected chi connectivity index (χ2v) is 3.47. The smallest absolute Gasteiger partial charge is 0.237 e. The van der Waals surface area contributed by atoms with Crippen LogP contribution in [-0.2, 0) is 11.2 Å². The first-order valence-corrected chi connectivity index (χ1v) is 4.33. The van der Waals surface area contributed by atoms with Crippen molar-refractivity contribution < 1.29 is 4.79 Å². The highest BCUT2D eigenvalue weighted by Crippen LogP contribution is 2.20. The van der Waals surface area contributed by atoms with Crippen LogP contribution in [0.25, 0.3) is 0 Å². The lowest BCUT2D eigenvalue weighted by Gasteiger charge is -2.16. The highest BCUT2D eigenvalue weighted by Gasteiger charge is 2.31. The molecule has 1 rings (SSSR count). The standard InChI is InChI=1S/C11H12N2O/c1-11(8-12,10(13)14)7-9-5-3-2-4-6-9/h2-6H,7H2,1H3,(H2,13,14).